The lowest BCUT2D eigenvalue weighted by Gasteiger charge is -2.31. The lowest BCUT2D eigenvalue weighted by molar-refractivity contribution is -0.149. The van der Waals surface area contributed by atoms with E-state index in [1.165, 1.54) is 23.6 Å². The van der Waals surface area contributed by atoms with Crippen LogP contribution < -0.4 is 38.1 Å². The summed E-state index contributed by atoms with van der Waals surface area (Å²) < 4.78 is 0. The van der Waals surface area contributed by atoms with Crippen LogP contribution in [0.5, 0.6) is 0 Å². The van der Waals surface area contributed by atoms with Crippen molar-refractivity contribution in [2.45, 2.75) is 120 Å². The molecule has 3 rings (SSSR count). The molecule has 8 unspecified atom stereocenters. The molecule has 3 aliphatic heterocycles. The van der Waals surface area contributed by atoms with E-state index in [1.807, 2.05) is 0 Å². The molecule has 0 aliphatic carbocycles. The first kappa shape index (κ1) is 42.4. The molecule has 3 heterocycles. The number of nitrogens with two attached hydrogens (primary N) is 2. The molecular formula is C32H52N10O11. The Hall–Kier alpha value is -5.05. The minimum atomic E-state index is -1.70. The van der Waals surface area contributed by atoms with Gasteiger partial charge in [-0.05, 0) is 71.8 Å². The van der Waals surface area contributed by atoms with E-state index in [9.17, 15) is 53.7 Å². The molecule has 0 aromatic carbocycles. The highest BCUT2D eigenvalue weighted by atomic mass is 16.4. The second-order valence-corrected chi connectivity index (χ2v) is 13.5. The highest BCUT2D eigenvalue weighted by Crippen LogP contribution is 2.22. The molecule has 0 bridgehead atoms. The fourth-order valence-corrected chi connectivity index (χ4v) is 6.66. The summed E-state index contributed by atoms with van der Waals surface area (Å²) >= 11 is 0. The molecular weight excluding hydrogens is 700 g/mol. The maximum absolute atomic E-state index is 14.0. The molecule has 8 atom stereocenters. The van der Waals surface area contributed by atoms with Crippen molar-refractivity contribution in [3.63, 3.8) is 0 Å². The Bertz CT molecular complexity index is 1420. The van der Waals surface area contributed by atoms with Crippen molar-refractivity contribution in [1.82, 2.24) is 36.4 Å². The van der Waals surface area contributed by atoms with Crippen LogP contribution in [-0.4, -0.2) is 153 Å². The van der Waals surface area contributed by atoms with Crippen LogP contribution in [0, 0.1) is 0 Å². The summed E-state index contributed by atoms with van der Waals surface area (Å²) in [6.07, 6.45) is 0.397. The van der Waals surface area contributed by atoms with Gasteiger partial charge in [0.1, 0.15) is 36.3 Å². The normalized spacial score (nSPS) is 22.4. The number of amides is 6. The van der Waals surface area contributed by atoms with Crippen LogP contribution in [0.2, 0.25) is 0 Å². The standard InChI is InChI=1S/C32H52N10O11/c1-16(29(50)42-14-6-10-22(42)31(52)53)37-27(48)21-9-5-13-41(21)30(51)19(8-4-12-36-32(33)34)38-28(49)24(17(2)43)40-26(47)20(15-23(44)45)39-25(46)18-7-3-11-35-18/h16-22,24,35,43H,3-15H2,1-2H3,(H,37,48)(H,38,49)(H,39,46)(H,40,47)(H,44,45)(H,52,53)(H4,33,34,36). The number of aliphatic imine (C=N–C) groups is 1. The number of aliphatic hydroxyl groups is 1. The minimum absolute atomic E-state index is 0.0425. The van der Waals surface area contributed by atoms with Crippen LogP contribution in [-0.2, 0) is 38.4 Å². The molecule has 21 nitrogen and oxygen atoms in total. The number of carbonyl (C=O) groups is 8. The topological polar surface area (TPSA) is 328 Å². The molecule has 3 fully saturated rings. The Morgan fingerprint density at radius 1 is 0.792 bits per heavy atom. The molecule has 0 saturated carbocycles. The summed E-state index contributed by atoms with van der Waals surface area (Å²) in [7, 11) is 0. The quantitative estimate of drug-likeness (QED) is 0.0360. The summed E-state index contributed by atoms with van der Waals surface area (Å²) in [5.41, 5.74) is 10.8. The van der Waals surface area contributed by atoms with Crippen molar-refractivity contribution in [3.05, 3.63) is 0 Å². The number of hydrogen-bond donors (Lipinski definition) is 10. The van der Waals surface area contributed by atoms with Crippen molar-refractivity contribution < 1.29 is 53.7 Å². The van der Waals surface area contributed by atoms with E-state index in [0.717, 1.165) is 0 Å². The summed E-state index contributed by atoms with van der Waals surface area (Å²) in [6.45, 7) is 3.61. The summed E-state index contributed by atoms with van der Waals surface area (Å²) in [6, 6.07) is -8.35. The lowest BCUT2D eigenvalue weighted by atomic mass is 10.1. The summed E-state index contributed by atoms with van der Waals surface area (Å²) in [5, 5.41) is 42.1. The van der Waals surface area contributed by atoms with Gasteiger partial charge in [-0.3, -0.25) is 38.6 Å². The average Bonchev–Trinajstić information content (AvgIpc) is 3.89. The number of likely N-dealkylation sites (tertiary alicyclic amines) is 2. The van der Waals surface area contributed by atoms with E-state index in [2.05, 4.69) is 31.6 Å². The zero-order valence-corrected chi connectivity index (χ0v) is 29.9. The van der Waals surface area contributed by atoms with E-state index >= 15 is 0 Å². The first-order valence-electron chi connectivity index (χ1n) is 17.8. The fraction of sp³-hybridized carbons (Fsp3) is 0.719. The van der Waals surface area contributed by atoms with Crippen molar-refractivity contribution in [2.24, 2.45) is 16.5 Å². The Morgan fingerprint density at radius 3 is 2.00 bits per heavy atom. The van der Waals surface area contributed by atoms with Crippen molar-refractivity contribution in [1.29, 1.82) is 0 Å². The van der Waals surface area contributed by atoms with Crippen molar-refractivity contribution in [2.75, 3.05) is 26.2 Å². The van der Waals surface area contributed by atoms with Crippen molar-refractivity contribution in [3.8, 4) is 0 Å². The smallest absolute Gasteiger partial charge is 0.326 e. The third-order valence-electron chi connectivity index (χ3n) is 9.40. The number of nitrogens with zero attached hydrogens (tertiary/aromatic N) is 3. The zero-order chi connectivity index (χ0) is 39.4. The van der Waals surface area contributed by atoms with Crippen LogP contribution in [0.1, 0.15) is 71.6 Å². The summed E-state index contributed by atoms with van der Waals surface area (Å²) in [4.78, 5) is 109. The number of carbonyl (C=O) groups excluding carboxylic acids is 6. The van der Waals surface area contributed by atoms with Crippen LogP contribution in [0.15, 0.2) is 4.99 Å². The number of carboxylic acid groups (broad SMARTS) is 2. The number of aliphatic carboxylic acids is 2. The van der Waals surface area contributed by atoms with E-state index in [4.69, 9.17) is 11.5 Å². The van der Waals surface area contributed by atoms with Crippen molar-refractivity contribution >= 4 is 53.3 Å². The van der Waals surface area contributed by atoms with E-state index < -0.39 is 102 Å². The molecule has 296 valence electrons. The highest BCUT2D eigenvalue weighted by Gasteiger charge is 2.41. The van der Waals surface area contributed by atoms with Gasteiger partial charge < -0.3 is 63.2 Å². The lowest BCUT2D eigenvalue weighted by Crippen LogP contribution is -2.61. The first-order valence-corrected chi connectivity index (χ1v) is 17.8. The molecule has 3 saturated heterocycles. The Balaban J connectivity index is 1.75. The molecule has 0 aromatic heterocycles. The second kappa shape index (κ2) is 19.7. The zero-order valence-electron chi connectivity index (χ0n) is 29.9. The SMILES string of the molecule is CC(NC(=O)C1CCCN1C(=O)C(CCCN=C(N)N)NC(=O)C(NC(=O)C(CC(=O)O)NC(=O)C1CCCN1)C(C)O)C(=O)N1CCCC1C(=O)O. The third-order valence-corrected chi connectivity index (χ3v) is 9.40. The highest BCUT2D eigenvalue weighted by molar-refractivity contribution is 5.98. The number of hydrogen-bond acceptors (Lipinski definition) is 11. The number of aliphatic hydroxyl groups excluding tert-OH is 1. The molecule has 0 radical (unpaired) electrons. The number of rotatable bonds is 18. The molecule has 3 aliphatic rings. The van der Waals surface area contributed by atoms with Gasteiger partial charge in [-0.2, -0.15) is 0 Å². The van der Waals surface area contributed by atoms with Crippen LogP contribution in [0.25, 0.3) is 0 Å². The molecule has 53 heavy (non-hydrogen) atoms. The van der Waals surface area contributed by atoms with Crippen LogP contribution in [0.4, 0.5) is 0 Å². The van der Waals surface area contributed by atoms with Gasteiger partial charge in [0, 0.05) is 19.6 Å². The van der Waals surface area contributed by atoms with Gasteiger partial charge in [0.2, 0.25) is 35.4 Å². The van der Waals surface area contributed by atoms with E-state index in [-0.39, 0.29) is 44.9 Å². The van der Waals surface area contributed by atoms with Gasteiger partial charge >= 0.3 is 11.9 Å². The number of guanidine groups is 1. The molecule has 6 amide bonds. The molecule has 21 heteroatoms. The monoisotopic (exact) mass is 752 g/mol. The Labute approximate surface area is 306 Å². The van der Waals surface area contributed by atoms with Gasteiger partial charge in [0.15, 0.2) is 5.96 Å². The Kier molecular flexibility index (Phi) is 15.7. The van der Waals surface area contributed by atoms with Gasteiger partial charge in [0.05, 0.1) is 18.6 Å². The number of nitrogens with one attached hydrogen (secondary N) is 5. The first-order chi connectivity index (χ1) is 25.0. The predicted octanol–water partition coefficient (Wildman–Crippen LogP) is -4.33. The Morgan fingerprint density at radius 2 is 1.43 bits per heavy atom. The third kappa shape index (κ3) is 12.0. The maximum atomic E-state index is 14.0. The van der Waals surface area contributed by atoms with Gasteiger partial charge in [0.25, 0.3) is 0 Å². The van der Waals surface area contributed by atoms with Gasteiger partial charge in [-0.1, -0.05) is 0 Å². The fourth-order valence-electron chi connectivity index (χ4n) is 6.66. The number of carboxylic acids is 2. The van der Waals surface area contributed by atoms with Crippen LogP contribution in [0.3, 0.4) is 0 Å². The molecule has 0 spiro atoms. The predicted molar refractivity (Wildman–Crippen MR) is 185 cm³/mol. The largest absolute Gasteiger partial charge is 0.481 e. The van der Waals surface area contributed by atoms with Crippen LogP contribution >= 0.6 is 0 Å². The van der Waals surface area contributed by atoms with E-state index in [0.29, 0.717) is 38.6 Å². The maximum Gasteiger partial charge on any atom is 0.326 e. The van der Waals surface area contributed by atoms with Gasteiger partial charge in [-0.25, -0.2) is 4.79 Å². The average molecular weight is 753 g/mol. The van der Waals surface area contributed by atoms with E-state index in [1.54, 1.807) is 0 Å². The summed E-state index contributed by atoms with van der Waals surface area (Å²) in [5.74, 6) is -7.32. The molecule has 0 aromatic rings. The minimum Gasteiger partial charge on any atom is -0.481 e. The second-order valence-electron chi connectivity index (χ2n) is 13.5. The molecule has 12 N–H and O–H groups in total. The van der Waals surface area contributed by atoms with Gasteiger partial charge in [-0.15, -0.1) is 0 Å².